The molecule has 0 spiro atoms. The highest BCUT2D eigenvalue weighted by Crippen LogP contribution is 2.22. The van der Waals surface area contributed by atoms with Crippen molar-refractivity contribution in [1.82, 2.24) is 15.2 Å². The lowest BCUT2D eigenvalue weighted by molar-refractivity contribution is 0.166. The van der Waals surface area contributed by atoms with E-state index in [4.69, 9.17) is 9.47 Å². The number of benzene rings is 1. The van der Waals surface area contributed by atoms with Gasteiger partial charge in [-0.2, -0.15) is 0 Å². The predicted molar refractivity (Wildman–Crippen MR) is 139 cm³/mol. The summed E-state index contributed by atoms with van der Waals surface area (Å²) in [4.78, 5) is 16.0. The van der Waals surface area contributed by atoms with Gasteiger partial charge in [0.15, 0.2) is 5.96 Å². The number of unbranched alkanes of at least 4 members (excludes halogenated alkanes) is 1. The molecule has 2 heterocycles. The first-order chi connectivity index (χ1) is 15.2. The predicted octanol–water partition coefficient (Wildman–Crippen LogP) is 3.34. The van der Waals surface area contributed by atoms with Gasteiger partial charge in [0, 0.05) is 57.0 Å². The van der Waals surface area contributed by atoms with Gasteiger partial charge in [-0.25, -0.2) is 0 Å². The number of nitrogens with one attached hydrogen (secondary N) is 2. The molecule has 1 aliphatic rings. The quantitative estimate of drug-likeness (QED) is 0.204. The summed E-state index contributed by atoms with van der Waals surface area (Å²) >= 11 is 0. The van der Waals surface area contributed by atoms with Crippen LogP contribution < -0.4 is 20.9 Å². The Morgan fingerprint density at radius 1 is 1.25 bits per heavy atom. The molecule has 0 amide bonds. The second kappa shape index (κ2) is 14.2. The molecule has 0 saturated carbocycles. The maximum atomic E-state index is 11.7. The number of pyridine rings is 1. The molecule has 32 heavy (non-hydrogen) atoms. The Labute approximate surface area is 207 Å². The molecule has 1 fully saturated rings. The zero-order valence-corrected chi connectivity index (χ0v) is 21.3. The number of aliphatic imine (C=N–C) groups is 1. The third-order valence-electron chi connectivity index (χ3n) is 5.41. The Bertz CT molecular complexity index is 910. The highest BCUT2D eigenvalue weighted by Gasteiger charge is 2.17. The van der Waals surface area contributed by atoms with E-state index in [2.05, 4.69) is 40.7 Å². The molecule has 1 atom stereocenters. The van der Waals surface area contributed by atoms with Crippen LogP contribution in [0.3, 0.4) is 0 Å². The molecule has 2 N–H and O–H groups in total. The fraction of sp³-hybridized carbons (Fsp3) is 0.500. The number of aromatic nitrogens is 1. The summed E-state index contributed by atoms with van der Waals surface area (Å²) < 4.78 is 13.3. The number of nitrogens with zero attached hydrogens (tertiary/aromatic N) is 2. The molecule has 1 unspecified atom stereocenters. The summed E-state index contributed by atoms with van der Waals surface area (Å²) in [5.74, 6) is 2.15. The molecule has 8 heteroatoms. The maximum absolute atomic E-state index is 11.7. The first-order valence-corrected chi connectivity index (χ1v) is 11.1. The SMILES string of the molecule is CN=C(NCCCCn1ccccc1=O)NCc1ccc(C)cc1OCC1CCOC1.I. The average Bonchev–Trinajstić information content (AvgIpc) is 3.30. The zero-order valence-electron chi connectivity index (χ0n) is 19.0. The molecule has 1 aromatic carbocycles. The van der Waals surface area contributed by atoms with E-state index >= 15 is 0 Å². The van der Waals surface area contributed by atoms with Crippen molar-refractivity contribution >= 4 is 29.9 Å². The van der Waals surface area contributed by atoms with Gasteiger partial charge < -0.3 is 24.7 Å². The molecule has 0 radical (unpaired) electrons. The highest BCUT2D eigenvalue weighted by atomic mass is 127. The van der Waals surface area contributed by atoms with E-state index in [1.54, 1.807) is 23.7 Å². The topological polar surface area (TPSA) is 76.9 Å². The average molecular weight is 554 g/mol. The molecule has 1 aliphatic heterocycles. The van der Waals surface area contributed by atoms with Crippen molar-refractivity contribution in [2.75, 3.05) is 33.4 Å². The van der Waals surface area contributed by atoms with Gasteiger partial charge in [-0.3, -0.25) is 9.79 Å². The molecule has 3 rings (SSSR count). The van der Waals surface area contributed by atoms with Crippen molar-refractivity contribution in [2.45, 2.75) is 39.3 Å². The van der Waals surface area contributed by atoms with Crippen molar-refractivity contribution in [2.24, 2.45) is 10.9 Å². The van der Waals surface area contributed by atoms with Gasteiger partial charge in [-0.15, -0.1) is 24.0 Å². The Hall–Kier alpha value is -2.07. The van der Waals surface area contributed by atoms with Crippen molar-refractivity contribution in [3.05, 3.63) is 64.1 Å². The largest absolute Gasteiger partial charge is 0.493 e. The normalized spacial score (nSPS) is 15.8. The van der Waals surface area contributed by atoms with Crippen LogP contribution in [0.2, 0.25) is 0 Å². The zero-order chi connectivity index (χ0) is 21.9. The standard InChI is InChI=1S/C24H34N4O3.HI/c1-19-8-9-21(22(15-19)31-18-20-10-14-30-17-20)16-27-24(25-2)26-11-4-6-13-28-12-5-3-7-23(28)29;/h3,5,7-9,12,15,20H,4,6,10-11,13-14,16-18H2,1-2H3,(H2,25,26,27);1H. The van der Waals surface area contributed by atoms with E-state index in [1.807, 2.05) is 12.3 Å². The van der Waals surface area contributed by atoms with Crippen LogP contribution in [0.15, 0.2) is 52.4 Å². The minimum Gasteiger partial charge on any atom is -0.493 e. The number of rotatable bonds is 10. The third kappa shape index (κ3) is 8.46. The summed E-state index contributed by atoms with van der Waals surface area (Å²) in [5, 5.41) is 6.71. The van der Waals surface area contributed by atoms with Gasteiger partial charge in [0.2, 0.25) is 5.56 Å². The van der Waals surface area contributed by atoms with Gasteiger partial charge in [0.25, 0.3) is 0 Å². The Morgan fingerprint density at radius 3 is 2.88 bits per heavy atom. The number of guanidine groups is 1. The smallest absolute Gasteiger partial charge is 0.250 e. The minimum absolute atomic E-state index is 0. The number of aryl methyl sites for hydroxylation is 2. The van der Waals surface area contributed by atoms with Gasteiger partial charge in [-0.05, 0) is 43.9 Å². The Morgan fingerprint density at radius 2 is 2.12 bits per heavy atom. The van der Waals surface area contributed by atoms with Crippen LogP contribution >= 0.6 is 24.0 Å². The summed E-state index contributed by atoms with van der Waals surface area (Å²) in [7, 11) is 1.77. The maximum Gasteiger partial charge on any atom is 0.250 e. The monoisotopic (exact) mass is 554 g/mol. The first-order valence-electron chi connectivity index (χ1n) is 11.1. The van der Waals surface area contributed by atoms with E-state index < -0.39 is 0 Å². The van der Waals surface area contributed by atoms with Crippen LogP contribution in [0.5, 0.6) is 5.75 Å². The van der Waals surface area contributed by atoms with E-state index in [1.165, 1.54) is 5.56 Å². The fourth-order valence-corrected chi connectivity index (χ4v) is 3.52. The van der Waals surface area contributed by atoms with Crippen LogP contribution in [0.4, 0.5) is 0 Å². The van der Waals surface area contributed by atoms with Crippen LogP contribution in [0.1, 0.15) is 30.4 Å². The molecule has 176 valence electrons. The van der Waals surface area contributed by atoms with Crippen molar-refractivity contribution in [3.8, 4) is 5.75 Å². The number of hydrogen-bond acceptors (Lipinski definition) is 4. The van der Waals surface area contributed by atoms with Gasteiger partial charge in [0.1, 0.15) is 5.75 Å². The van der Waals surface area contributed by atoms with Crippen molar-refractivity contribution in [1.29, 1.82) is 0 Å². The summed E-state index contributed by atoms with van der Waals surface area (Å²) in [5.41, 5.74) is 2.34. The second-order valence-electron chi connectivity index (χ2n) is 7.94. The molecule has 1 saturated heterocycles. The molecule has 0 bridgehead atoms. The molecule has 0 aliphatic carbocycles. The minimum atomic E-state index is 0. The lowest BCUT2D eigenvalue weighted by Crippen LogP contribution is -2.37. The number of ether oxygens (including phenoxy) is 2. The fourth-order valence-electron chi connectivity index (χ4n) is 3.52. The third-order valence-corrected chi connectivity index (χ3v) is 5.41. The van der Waals surface area contributed by atoms with Gasteiger partial charge in [-0.1, -0.05) is 18.2 Å². The van der Waals surface area contributed by atoms with Crippen LogP contribution in [0, 0.1) is 12.8 Å². The molecule has 7 nitrogen and oxygen atoms in total. The lowest BCUT2D eigenvalue weighted by Gasteiger charge is -2.17. The summed E-state index contributed by atoms with van der Waals surface area (Å²) in [6.07, 6.45) is 4.77. The van der Waals surface area contributed by atoms with Crippen molar-refractivity contribution in [3.63, 3.8) is 0 Å². The molecular weight excluding hydrogens is 519 g/mol. The van der Waals surface area contributed by atoms with Crippen LogP contribution in [0.25, 0.3) is 0 Å². The van der Waals surface area contributed by atoms with Crippen LogP contribution in [-0.4, -0.2) is 43.9 Å². The Balaban J connectivity index is 0.00000363. The van der Waals surface area contributed by atoms with E-state index in [0.717, 1.165) is 62.8 Å². The lowest BCUT2D eigenvalue weighted by atomic mass is 10.1. The first kappa shape index (κ1) is 26.2. The van der Waals surface area contributed by atoms with Gasteiger partial charge >= 0.3 is 0 Å². The summed E-state index contributed by atoms with van der Waals surface area (Å²) in [6.45, 7) is 6.54. The van der Waals surface area contributed by atoms with Gasteiger partial charge in [0.05, 0.1) is 13.2 Å². The molecule has 2 aromatic rings. The number of halogens is 1. The van der Waals surface area contributed by atoms with E-state index in [0.29, 0.717) is 19.1 Å². The second-order valence-corrected chi connectivity index (χ2v) is 7.94. The molecule has 1 aromatic heterocycles. The Kier molecular flexibility index (Phi) is 11.6. The van der Waals surface area contributed by atoms with E-state index in [-0.39, 0.29) is 29.5 Å². The highest BCUT2D eigenvalue weighted by molar-refractivity contribution is 14.0. The summed E-state index contributed by atoms with van der Waals surface area (Å²) in [6, 6.07) is 11.5. The molecular formula is C24H35IN4O3. The van der Waals surface area contributed by atoms with E-state index in [9.17, 15) is 4.79 Å². The van der Waals surface area contributed by atoms with Crippen LogP contribution in [-0.2, 0) is 17.8 Å². The van der Waals surface area contributed by atoms with Crippen molar-refractivity contribution < 1.29 is 9.47 Å². The number of hydrogen-bond donors (Lipinski definition) is 2.